The van der Waals surface area contributed by atoms with Crippen molar-refractivity contribution < 1.29 is 13.9 Å². The number of nitrogen functional groups attached to an aromatic ring is 1. The van der Waals surface area contributed by atoms with Crippen LogP contribution in [0.3, 0.4) is 0 Å². The first-order valence-electron chi connectivity index (χ1n) is 9.28. The number of rotatable bonds is 3. The Balaban J connectivity index is 1.70. The van der Waals surface area contributed by atoms with E-state index in [1.165, 1.54) is 36.2 Å². The van der Waals surface area contributed by atoms with Gasteiger partial charge in [-0.2, -0.15) is 0 Å². The normalized spacial score (nSPS) is 26.3. The lowest BCUT2D eigenvalue weighted by Gasteiger charge is -2.47. The first-order chi connectivity index (χ1) is 13.9. The first-order valence-corrected chi connectivity index (χ1v) is 10.3. The molecule has 2 unspecified atom stereocenters. The number of hydrogen-bond acceptors (Lipinski definition) is 7. The largest absolute Gasteiger partial charge is 0.397 e. The number of ether oxygens (including phenoxy) is 1. The maximum absolute atomic E-state index is 15.0. The second-order valence-electron chi connectivity index (χ2n) is 7.41. The molecule has 5 N–H and O–H groups in total. The molecular formula is C20H22FN5O2S. The molecule has 1 aromatic heterocycles. The van der Waals surface area contributed by atoms with Crippen molar-refractivity contribution in [3.63, 3.8) is 0 Å². The smallest absolute Gasteiger partial charge is 0.274 e. The average Bonchev–Trinajstić information content (AvgIpc) is 2.69. The molecule has 3 atom stereocenters. The molecule has 1 amide bonds. The average molecular weight is 415 g/mol. The van der Waals surface area contributed by atoms with Gasteiger partial charge >= 0.3 is 0 Å². The number of pyridine rings is 1. The summed E-state index contributed by atoms with van der Waals surface area (Å²) in [4.78, 5) is 21.2. The zero-order chi connectivity index (χ0) is 20.6. The summed E-state index contributed by atoms with van der Waals surface area (Å²) in [5, 5.41) is 3.18. The molecule has 0 saturated carbocycles. The minimum Gasteiger partial charge on any atom is -0.397 e. The van der Waals surface area contributed by atoms with Crippen molar-refractivity contribution in [2.45, 2.75) is 12.5 Å². The molecule has 0 radical (unpaired) electrons. The summed E-state index contributed by atoms with van der Waals surface area (Å²) in [6, 6.07) is 7.59. The molecule has 29 heavy (non-hydrogen) atoms. The van der Waals surface area contributed by atoms with Crippen LogP contribution in [0.15, 0.2) is 41.5 Å². The van der Waals surface area contributed by atoms with Crippen LogP contribution in [0.25, 0.3) is 0 Å². The van der Waals surface area contributed by atoms with Gasteiger partial charge in [0.15, 0.2) is 5.17 Å². The molecule has 2 aliphatic heterocycles. The molecule has 0 bridgehead atoms. The van der Waals surface area contributed by atoms with Crippen LogP contribution in [-0.2, 0) is 10.3 Å². The number of anilines is 2. The molecule has 2 aromatic rings. The maximum atomic E-state index is 15.0. The van der Waals surface area contributed by atoms with Crippen LogP contribution in [0.2, 0.25) is 0 Å². The summed E-state index contributed by atoms with van der Waals surface area (Å²) >= 11 is 1.48. The third-order valence-corrected chi connectivity index (χ3v) is 6.35. The van der Waals surface area contributed by atoms with Crippen LogP contribution < -0.4 is 16.8 Å². The molecule has 9 heteroatoms. The summed E-state index contributed by atoms with van der Waals surface area (Å²) in [6.45, 7) is 2.92. The number of aromatic nitrogens is 1. The fourth-order valence-corrected chi connectivity index (χ4v) is 5.10. The van der Waals surface area contributed by atoms with Gasteiger partial charge in [0.25, 0.3) is 5.91 Å². The van der Waals surface area contributed by atoms with E-state index in [1.807, 2.05) is 0 Å². The van der Waals surface area contributed by atoms with Crippen LogP contribution in [0, 0.1) is 17.7 Å². The highest BCUT2D eigenvalue weighted by atomic mass is 32.2. The van der Waals surface area contributed by atoms with Gasteiger partial charge in [0.1, 0.15) is 17.1 Å². The minimum atomic E-state index is -0.905. The zero-order valence-electron chi connectivity index (χ0n) is 15.9. The summed E-state index contributed by atoms with van der Waals surface area (Å²) in [5.74, 6) is 0.204. The van der Waals surface area contributed by atoms with E-state index in [-0.39, 0.29) is 24.1 Å². The molecule has 1 aromatic carbocycles. The second-order valence-corrected chi connectivity index (χ2v) is 8.45. The molecule has 2 aliphatic rings. The third-order valence-electron chi connectivity index (χ3n) is 5.43. The quantitative estimate of drug-likeness (QED) is 0.710. The Labute approximate surface area is 172 Å². The van der Waals surface area contributed by atoms with E-state index >= 15 is 0 Å². The van der Waals surface area contributed by atoms with E-state index < -0.39 is 17.3 Å². The Hall–Kier alpha value is -2.65. The summed E-state index contributed by atoms with van der Waals surface area (Å²) < 4.78 is 20.7. The van der Waals surface area contributed by atoms with Gasteiger partial charge in [0.2, 0.25) is 0 Å². The van der Waals surface area contributed by atoms with Gasteiger partial charge in [0, 0.05) is 29.5 Å². The number of carbonyl (C=O) groups excluding carboxylic acids is 1. The van der Waals surface area contributed by atoms with Crippen LogP contribution in [0.1, 0.15) is 23.0 Å². The lowest BCUT2D eigenvalue weighted by molar-refractivity contribution is -0.0339. The van der Waals surface area contributed by atoms with Crippen molar-refractivity contribution >= 4 is 34.2 Å². The van der Waals surface area contributed by atoms with Crippen LogP contribution >= 0.6 is 11.8 Å². The van der Waals surface area contributed by atoms with Gasteiger partial charge in [0.05, 0.1) is 18.5 Å². The Morgan fingerprint density at radius 1 is 1.34 bits per heavy atom. The Kier molecular flexibility index (Phi) is 5.18. The third kappa shape index (κ3) is 3.67. The Bertz CT molecular complexity index is 968. The van der Waals surface area contributed by atoms with Crippen molar-refractivity contribution in [1.82, 2.24) is 4.98 Å². The molecule has 0 aliphatic carbocycles. The van der Waals surface area contributed by atoms with Gasteiger partial charge in [-0.3, -0.25) is 4.79 Å². The molecule has 0 spiro atoms. The van der Waals surface area contributed by atoms with Crippen molar-refractivity contribution in [3.8, 4) is 0 Å². The van der Waals surface area contributed by atoms with Crippen LogP contribution in [0.4, 0.5) is 15.8 Å². The SMILES string of the molecule is CC1COC[C@]2(c3cc(NC(=O)c4ccc(N)cn4)ccc3F)N=C(N)SCC12. The van der Waals surface area contributed by atoms with Gasteiger partial charge in [-0.1, -0.05) is 18.7 Å². The number of thioether (sulfide) groups is 1. The number of halogens is 1. The van der Waals surface area contributed by atoms with Crippen molar-refractivity contribution in [1.29, 1.82) is 0 Å². The van der Waals surface area contributed by atoms with E-state index in [2.05, 4.69) is 22.2 Å². The number of benzene rings is 1. The summed E-state index contributed by atoms with van der Waals surface area (Å²) in [6.07, 6.45) is 1.41. The van der Waals surface area contributed by atoms with E-state index in [0.29, 0.717) is 28.7 Å². The number of carbonyl (C=O) groups is 1. The summed E-state index contributed by atoms with van der Waals surface area (Å²) in [7, 11) is 0. The van der Waals surface area contributed by atoms with E-state index in [0.717, 1.165) is 5.75 Å². The lowest BCUT2D eigenvalue weighted by atomic mass is 9.72. The number of hydrogen-bond donors (Lipinski definition) is 3. The van der Waals surface area contributed by atoms with Gasteiger partial charge in [-0.05, 0) is 36.2 Å². The second kappa shape index (κ2) is 7.64. The predicted octanol–water partition coefficient (Wildman–Crippen LogP) is 2.59. The highest BCUT2D eigenvalue weighted by molar-refractivity contribution is 8.13. The molecule has 3 heterocycles. The fourth-order valence-electron chi connectivity index (χ4n) is 3.92. The number of fused-ring (bicyclic) bond motifs is 1. The number of nitrogens with zero attached hydrogens (tertiary/aromatic N) is 2. The number of aliphatic imine (C=N–C) groups is 1. The maximum Gasteiger partial charge on any atom is 0.274 e. The number of nitrogens with one attached hydrogen (secondary N) is 1. The number of nitrogens with two attached hydrogens (primary N) is 2. The topological polar surface area (TPSA) is 116 Å². The molecule has 4 rings (SSSR count). The standard InChI is InChI=1S/C20H22FN5O2S/c1-11-8-28-10-20(15(11)9-29-19(23)26-20)14-6-13(3-4-16(14)21)25-18(27)17-5-2-12(22)7-24-17/h2-7,11,15H,8-10,22H2,1H3,(H2,23,26)(H,25,27)/t11?,15?,20-/m1/s1. The van der Waals surface area contributed by atoms with Crippen molar-refractivity contribution in [2.24, 2.45) is 22.6 Å². The van der Waals surface area contributed by atoms with E-state index in [1.54, 1.807) is 12.1 Å². The van der Waals surface area contributed by atoms with E-state index in [9.17, 15) is 9.18 Å². The highest BCUT2D eigenvalue weighted by Crippen LogP contribution is 2.47. The van der Waals surface area contributed by atoms with Crippen molar-refractivity contribution in [3.05, 3.63) is 53.6 Å². The zero-order valence-corrected chi connectivity index (χ0v) is 16.7. The molecule has 7 nitrogen and oxygen atoms in total. The molecule has 1 saturated heterocycles. The number of amidine groups is 1. The van der Waals surface area contributed by atoms with Crippen LogP contribution in [0.5, 0.6) is 0 Å². The number of amides is 1. The lowest BCUT2D eigenvalue weighted by Crippen LogP contribution is -2.51. The van der Waals surface area contributed by atoms with E-state index in [4.69, 9.17) is 16.2 Å². The first kappa shape index (κ1) is 19.7. The van der Waals surface area contributed by atoms with Gasteiger partial charge in [-0.25, -0.2) is 14.4 Å². The Morgan fingerprint density at radius 3 is 2.93 bits per heavy atom. The highest BCUT2D eigenvalue weighted by Gasteiger charge is 2.50. The minimum absolute atomic E-state index is 0.0766. The Morgan fingerprint density at radius 2 is 2.17 bits per heavy atom. The molecule has 152 valence electrons. The summed E-state index contributed by atoms with van der Waals surface area (Å²) in [5.41, 5.74) is 12.2. The van der Waals surface area contributed by atoms with Crippen molar-refractivity contribution in [2.75, 3.05) is 30.0 Å². The van der Waals surface area contributed by atoms with Gasteiger partial charge < -0.3 is 21.5 Å². The van der Waals surface area contributed by atoms with Crippen LogP contribution in [-0.4, -0.2) is 35.0 Å². The molecular weight excluding hydrogens is 393 g/mol. The predicted molar refractivity (Wildman–Crippen MR) is 112 cm³/mol. The monoisotopic (exact) mass is 415 g/mol. The van der Waals surface area contributed by atoms with Gasteiger partial charge in [-0.15, -0.1) is 0 Å². The molecule has 1 fully saturated rings. The fraction of sp³-hybridized carbons (Fsp3) is 0.350.